The maximum absolute atomic E-state index is 11.8. The van der Waals surface area contributed by atoms with Gasteiger partial charge in [-0.25, -0.2) is 9.78 Å². The number of anilines is 1. The molecule has 0 amide bonds. The molecule has 1 aliphatic heterocycles. The van der Waals surface area contributed by atoms with E-state index >= 15 is 0 Å². The van der Waals surface area contributed by atoms with Crippen LogP contribution < -0.4 is 4.90 Å². The van der Waals surface area contributed by atoms with Crippen molar-refractivity contribution < 1.29 is 9.53 Å². The zero-order valence-corrected chi connectivity index (χ0v) is 14.8. The van der Waals surface area contributed by atoms with Crippen molar-refractivity contribution in [2.75, 3.05) is 18.6 Å². The number of benzene rings is 1. The number of ether oxygens (including phenoxy) is 1. The van der Waals surface area contributed by atoms with Crippen molar-refractivity contribution in [2.24, 2.45) is 0 Å². The highest BCUT2D eigenvalue weighted by molar-refractivity contribution is 9.10. The van der Waals surface area contributed by atoms with Gasteiger partial charge in [-0.1, -0.05) is 0 Å². The van der Waals surface area contributed by atoms with Crippen molar-refractivity contribution in [1.29, 1.82) is 0 Å². The number of aromatic amines is 1. The lowest BCUT2D eigenvalue weighted by molar-refractivity contribution is 0.0601. The van der Waals surface area contributed by atoms with Gasteiger partial charge in [0.15, 0.2) is 0 Å². The molecule has 0 saturated carbocycles. The standard InChI is InChI=1S/C18H16BrN3O2/c1-24-18(23)11-2-4-15-13(8-11)14-10-22(7-6-16(14)21-15)17-5-3-12(19)9-20-17/h2-5,8-9,21H,6-7,10H2,1H3. The number of methoxy groups -OCH3 is 1. The minimum absolute atomic E-state index is 0.311. The van der Waals surface area contributed by atoms with Crippen molar-refractivity contribution in [3.05, 3.63) is 57.8 Å². The highest BCUT2D eigenvalue weighted by atomic mass is 79.9. The van der Waals surface area contributed by atoms with Crippen LogP contribution in [0.1, 0.15) is 21.6 Å². The Kier molecular flexibility index (Phi) is 3.76. The smallest absolute Gasteiger partial charge is 0.337 e. The number of fused-ring (bicyclic) bond motifs is 3. The Morgan fingerprint density at radius 2 is 2.21 bits per heavy atom. The molecule has 4 rings (SSSR count). The molecule has 0 spiro atoms. The number of hydrogen-bond donors (Lipinski definition) is 1. The van der Waals surface area contributed by atoms with Gasteiger partial charge in [-0.3, -0.25) is 0 Å². The number of aromatic nitrogens is 2. The Morgan fingerprint density at radius 1 is 1.33 bits per heavy atom. The largest absolute Gasteiger partial charge is 0.465 e. The van der Waals surface area contributed by atoms with Crippen LogP contribution in [0.25, 0.3) is 10.9 Å². The lowest BCUT2D eigenvalue weighted by atomic mass is 10.0. The summed E-state index contributed by atoms with van der Waals surface area (Å²) in [6.45, 7) is 1.69. The number of esters is 1. The number of hydrogen-bond acceptors (Lipinski definition) is 4. The molecular weight excluding hydrogens is 370 g/mol. The molecule has 0 atom stereocenters. The number of H-pyrrole nitrogens is 1. The van der Waals surface area contributed by atoms with Crippen molar-refractivity contribution in [1.82, 2.24) is 9.97 Å². The SMILES string of the molecule is COC(=O)c1ccc2[nH]c3c(c2c1)CN(c1ccc(Br)cn1)CC3. The van der Waals surface area contributed by atoms with E-state index in [1.165, 1.54) is 18.4 Å². The first kappa shape index (κ1) is 15.2. The Morgan fingerprint density at radius 3 is 2.96 bits per heavy atom. The summed E-state index contributed by atoms with van der Waals surface area (Å²) in [5.74, 6) is 0.649. The highest BCUT2D eigenvalue weighted by Gasteiger charge is 2.22. The fourth-order valence-electron chi connectivity index (χ4n) is 3.21. The van der Waals surface area contributed by atoms with E-state index in [1.807, 2.05) is 30.5 Å². The number of carbonyl (C=O) groups is 1. The molecule has 0 radical (unpaired) electrons. The average Bonchev–Trinajstić information content (AvgIpc) is 2.98. The minimum Gasteiger partial charge on any atom is -0.465 e. The lowest BCUT2D eigenvalue weighted by Gasteiger charge is -2.28. The van der Waals surface area contributed by atoms with Gasteiger partial charge in [0.2, 0.25) is 0 Å². The maximum Gasteiger partial charge on any atom is 0.337 e. The number of nitrogens with one attached hydrogen (secondary N) is 1. The Bertz CT molecular complexity index is 918. The van der Waals surface area contributed by atoms with Crippen LogP contribution in [0.2, 0.25) is 0 Å². The molecule has 0 fully saturated rings. The third-order valence-electron chi connectivity index (χ3n) is 4.43. The van der Waals surface area contributed by atoms with Crippen LogP contribution in [0, 0.1) is 0 Å². The summed E-state index contributed by atoms with van der Waals surface area (Å²) in [4.78, 5) is 22.0. The molecule has 5 nitrogen and oxygen atoms in total. The van der Waals surface area contributed by atoms with Crippen molar-refractivity contribution in [3.63, 3.8) is 0 Å². The number of rotatable bonds is 2. The zero-order valence-electron chi connectivity index (χ0n) is 13.2. The molecule has 0 unspecified atom stereocenters. The average molecular weight is 386 g/mol. The first-order valence-electron chi connectivity index (χ1n) is 7.74. The zero-order chi connectivity index (χ0) is 16.7. The van der Waals surface area contributed by atoms with Crippen LogP contribution in [0.4, 0.5) is 5.82 Å². The summed E-state index contributed by atoms with van der Waals surface area (Å²) in [5.41, 5.74) is 4.09. The molecule has 3 heterocycles. The fraction of sp³-hybridized carbons (Fsp3) is 0.222. The van der Waals surface area contributed by atoms with Crippen LogP contribution >= 0.6 is 15.9 Å². The van der Waals surface area contributed by atoms with Crippen molar-refractivity contribution >= 4 is 38.6 Å². The normalized spacial score (nSPS) is 13.8. The fourth-order valence-corrected chi connectivity index (χ4v) is 3.44. The van der Waals surface area contributed by atoms with E-state index in [2.05, 4.69) is 30.8 Å². The molecule has 2 aromatic heterocycles. The van der Waals surface area contributed by atoms with Gasteiger partial charge < -0.3 is 14.6 Å². The second kappa shape index (κ2) is 5.94. The molecule has 0 bridgehead atoms. The van der Waals surface area contributed by atoms with E-state index in [4.69, 9.17) is 4.74 Å². The quantitative estimate of drug-likeness (QED) is 0.683. The lowest BCUT2D eigenvalue weighted by Crippen LogP contribution is -2.30. The molecule has 0 aliphatic carbocycles. The van der Waals surface area contributed by atoms with Gasteiger partial charge in [0, 0.05) is 52.3 Å². The summed E-state index contributed by atoms with van der Waals surface area (Å²) in [6.07, 6.45) is 2.74. The topological polar surface area (TPSA) is 58.2 Å². The monoisotopic (exact) mass is 385 g/mol. The van der Waals surface area contributed by atoms with E-state index in [0.717, 1.165) is 40.7 Å². The van der Waals surface area contributed by atoms with E-state index < -0.39 is 0 Å². The van der Waals surface area contributed by atoms with Crippen LogP contribution in [-0.2, 0) is 17.7 Å². The number of pyridine rings is 1. The predicted molar refractivity (Wildman–Crippen MR) is 96.3 cm³/mol. The molecular formula is C18H16BrN3O2. The molecule has 3 aromatic rings. The Hall–Kier alpha value is -2.34. The highest BCUT2D eigenvalue weighted by Crippen LogP contribution is 2.30. The number of nitrogens with zero attached hydrogens (tertiary/aromatic N) is 2. The van der Waals surface area contributed by atoms with Gasteiger partial charge in [0.1, 0.15) is 5.82 Å². The summed E-state index contributed by atoms with van der Waals surface area (Å²) in [6, 6.07) is 9.67. The van der Waals surface area contributed by atoms with Crippen molar-refractivity contribution in [3.8, 4) is 0 Å². The van der Waals surface area contributed by atoms with Crippen LogP contribution in [0.3, 0.4) is 0 Å². The number of carbonyl (C=O) groups excluding carboxylic acids is 1. The van der Waals surface area contributed by atoms with E-state index in [9.17, 15) is 4.79 Å². The summed E-state index contributed by atoms with van der Waals surface area (Å²) in [5, 5.41) is 1.08. The molecule has 6 heteroatoms. The second-order valence-electron chi connectivity index (χ2n) is 5.84. The Labute approximate surface area is 147 Å². The van der Waals surface area contributed by atoms with Gasteiger partial charge in [0.25, 0.3) is 0 Å². The Balaban J connectivity index is 1.73. The third-order valence-corrected chi connectivity index (χ3v) is 4.90. The molecule has 1 aromatic carbocycles. The second-order valence-corrected chi connectivity index (χ2v) is 6.76. The third kappa shape index (κ3) is 2.57. The predicted octanol–water partition coefficient (Wildman–Crippen LogP) is 3.67. The molecule has 122 valence electrons. The minimum atomic E-state index is -0.311. The van der Waals surface area contributed by atoms with Crippen LogP contribution in [0.5, 0.6) is 0 Å². The van der Waals surface area contributed by atoms with Gasteiger partial charge in [-0.05, 0) is 46.3 Å². The molecule has 0 saturated heterocycles. The first-order valence-corrected chi connectivity index (χ1v) is 8.53. The van der Waals surface area contributed by atoms with Crippen LogP contribution in [0.15, 0.2) is 41.0 Å². The molecule has 1 aliphatic rings. The summed E-state index contributed by atoms with van der Waals surface area (Å²) >= 11 is 3.42. The van der Waals surface area contributed by atoms with Gasteiger partial charge in [0.05, 0.1) is 12.7 Å². The molecule has 24 heavy (non-hydrogen) atoms. The maximum atomic E-state index is 11.8. The number of halogens is 1. The summed E-state index contributed by atoms with van der Waals surface area (Å²) in [7, 11) is 1.40. The van der Waals surface area contributed by atoms with Gasteiger partial charge in [-0.2, -0.15) is 0 Å². The van der Waals surface area contributed by atoms with E-state index in [1.54, 1.807) is 6.07 Å². The summed E-state index contributed by atoms with van der Waals surface area (Å²) < 4.78 is 5.80. The van der Waals surface area contributed by atoms with E-state index in [-0.39, 0.29) is 5.97 Å². The van der Waals surface area contributed by atoms with Crippen LogP contribution in [-0.4, -0.2) is 29.6 Å². The van der Waals surface area contributed by atoms with Gasteiger partial charge in [-0.15, -0.1) is 0 Å². The first-order chi connectivity index (χ1) is 11.7. The van der Waals surface area contributed by atoms with E-state index in [0.29, 0.717) is 5.56 Å². The van der Waals surface area contributed by atoms with Crippen molar-refractivity contribution in [2.45, 2.75) is 13.0 Å². The molecule has 1 N–H and O–H groups in total. The van der Waals surface area contributed by atoms with Gasteiger partial charge >= 0.3 is 5.97 Å².